The van der Waals surface area contributed by atoms with E-state index >= 15 is 0 Å². The van der Waals surface area contributed by atoms with E-state index in [1.165, 1.54) is 0 Å². The number of aliphatic hydroxyl groups is 4. The SMILES string of the molecule is N[C@@H](C=O)[C@@H](O)[C@@H](O)[C@H](O)CO.O=P(O)(O)O. The molecule has 0 spiro atoms. The van der Waals surface area contributed by atoms with Crippen LogP contribution in [0.4, 0.5) is 0 Å². The molecule has 4 atom stereocenters. The molecule has 0 unspecified atom stereocenters. The molecule has 0 saturated heterocycles. The molecule has 0 aromatic rings. The van der Waals surface area contributed by atoms with Crippen molar-refractivity contribution in [3.05, 3.63) is 0 Å². The summed E-state index contributed by atoms with van der Waals surface area (Å²) in [6.07, 6.45) is -4.43. The van der Waals surface area contributed by atoms with Gasteiger partial charge in [-0.15, -0.1) is 0 Å². The summed E-state index contributed by atoms with van der Waals surface area (Å²) in [5.74, 6) is 0. The van der Waals surface area contributed by atoms with Crippen molar-refractivity contribution in [1.82, 2.24) is 0 Å². The average molecular weight is 277 g/mol. The van der Waals surface area contributed by atoms with Crippen LogP contribution >= 0.6 is 7.82 Å². The Balaban J connectivity index is 0. The number of rotatable bonds is 5. The second-order valence-electron chi connectivity index (χ2n) is 2.96. The highest BCUT2D eigenvalue weighted by Crippen LogP contribution is 2.25. The second kappa shape index (κ2) is 8.64. The first-order valence-electron chi connectivity index (χ1n) is 4.18. The number of carbonyl (C=O) groups excluding carboxylic acids is 1. The topological polar surface area (TPSA) is 202 Å². The zero-order chi connectivity index (χ0) is 14.2. The van der Waals surface area contributed by atoms with Gasteiger partial charge in [0.1, 0.15) is 24.6 Å². The minimum absolute atomic E-state index is 0.248. The molecule has 0 heterocycles. The van der Waals surface area contributed by atoms with Crippen molar-refractivity contribution in [2.45, 2.75) is 24.4 Å². The molecule has 0 aliphatic heterocycles. The lowest BCUT2D eigenvalue weighted by atomic mass is 10.0. The van der Waals surface area contributed by atoms with Crippen LogP contribution in [0.15, 0.2) is 0 Å². The summed E-state index contributed by atoms with van der Waals surface area (Å²) < 4.78 is 8.88. The van der Waals surface area contributed by atoms with Crippen LogP contribution in [0.5, 0.6) is 0 Å². The first kappa shape index (κ1) is 18.9. The van der Waals surface area contributed by atoms with Crippen molar-refractivity contribution >= 4 is 14.1 Å². The molecule has 11 heteroatoms. The van der Waals surface area contributed by atoms with Gasteiger partial charge in [-0.1, -0.05) is 0 Å². The summed E-state index contributed by atoms with van der Waals surface area (Å²) in [7, 11) is -4.64. The number of aliphatic hydroxyl groups excluding tert-OH is 4. The molecule has 0 bridgehead atoms. The van der Waals surface area contributed by atoms with Crippen LogP contribution in [0, 0.1) is 0 Å². The third-order valence-corrected chi connectivity index (χ3v) is 1.48. The van der Waals surface area contributed by atoms with E-state index in [0.29, 0.717) is 0 Å². The zero-order valence-corrected chi connectivity index (χ0v) is 9.46. The maximum absolute atomic E-state index is 10.0. The molecule has 0 saturated carbocycles. The van der Waals surface area contributed by atoms with Gasteiger partial charge in [0.05, 0.1) is 12.6 Å². The lowest BCUT2D eigenvalue weighted by molar-refractivity contribution is -0.118. The predicted octanol–water partition coefficient (Wildman–Crippen LogP) is -4.34. The van der Waals surface area contributed by atoms with Gasteiger partial charge >= 0.3 is 7.82 Å². The van der Waals surface area contributed by atoms with E-state index in [9.17, 15) is 4.79 Å². The summed E-state index contributed by atoms with van der Waals surface area (Å²) in [5, 5.41) is 35.2. The molecule has 10 nitrogen and oxygen atoms in total. The monoisotopic (exact) mass is 277 g/mol. The summed E-state index contributed by atoms with van der Waals surface area (Å²) in [5.41, 5.74) is 5.04. The number of nitrogens with two attached hydrogens (primary N) is 1. The molecule has 0 fully saturated rings. The molecule has 0 amide bonds. The third-order valence-electron chi connectivity index (χ3n) is 1.48. The largest absolute Gasteiger partial charge is 0.466 e. The molecule has 0 aromatic carbocycles. The fraction of sp³-hybridized carbons (Fsp3) is 0.833. The van der Waals surface area contributed by atoms with Crippen LogP contribution in [0.3, 0.4) is 0 Å². The molecule has 17 heavy (non-hydrogen) atoms. The smallest absolute Gasteiger partial charge is 0.394 e. The van der Waals surface area contributed by atoms with E-state index in [-0.39, 0.29) is 6.29 Å². The maximum Gasteiger partial charge on any atom is 0.466 e. The van der Waals surface area contributed by atoms with E-state index in [0.717, 1.165) is 0 Å². The van der Waals surface area contributed by atoms with Gasteiger partial charge in [-0.3, -0.25) is 0 Å². The Kier molecular flexibility index (Phi) is 9.62. The number of hydrogen-bond acceptors (Lipinski definition) is 7. The Morgan fingerprint density at radius 3 is 1.71 bits per heavy atom. The van der Waals surface area contributed by atoms with E-state index < -0.39 is 38.8 Å². The van der Waals surface area contributed by atoms with E-state index in [4.69, 9.17) is 45.4 Å². The Morgan fingerprint density at radius 2 is 1.47 bits per heavy atom. The second-order valence-corrected chi connectivity index (χ2v) is 3.98. The van der Waals surface area contributed by atoms with Crippen LogP contribution in [0.1, 0.15) is 0 Å². The predicted molar refractivity (Wildman–Crippen MR) is 53.4 cm³/mol. The molecular weight excluding hydrogens is 261 g/mol. The van der Waals surface area contributed by atoms with Crippen molar-refractivity contribution in [1.29, 1.82) is 0 Å². The Hall–Kier alpha value is -0.420. The summed E-state index contributed by atoms with van der Waals surface area (Å²) in [4.78, 5) is 31.6. The standard InChI is InChI=1S/C6H13NO5.H3O4P/c7-3(1-8)5(11)6(12)4(10)2-9;1-5(2,3)4/h1,3-6,9-12H,2,7H2;(H3,1,2,3,4)/t3-,4+,5+,6-;/m0./s1. The lowest BCUT2D eigenvalue weighted by Gasteiger charge is -2.23. The van der Waals surface area contributed by atoms with Crippen LogP contribution in [-0.2, 0) is 9.36 Å². The van der Waals surface area contributed by atoms with Gasteiger partial charge in [-0.25, -0.2) is 4.57 Å². The zero-order valence-electron chi connectivity index (χ0n) is 8.57. The molecule has 0 radical (unpaired) electrons. The highest BCUT2D eigenvalue weighted by Gasteiger charge is 2.28. The average Bonchev–Trinajstić information content (AvgIpc) is 2.22. The van der Waals surface area contributed by atoms with Crippen molar-refractivity contribution < 1.29 is 44.5 Å². The van der Waals surface area contributed by atoms with Crippen molar-refractivity contribution in [2.75, 3.05) is 6.61 Å². The van der Waals surface area contributed by atoms with E-state index in [1.807, 2.05) is 0 Å². The van der Waals surface area contributed by atoms with E-state index in [2.05, 4.69) is 0 Å². The van der Waals surface area contributed by atoms with Crippen molar-refractivity contribution in [3.63, 3.8) is 0 Å². The van der Waals surface area contributed by atoms with Crippen molar-refractivity contribution in [2.24, 2.45) is 5.73 Å². The molecule has 0 aliphatic rings. The quantitative estimate of drug-likeness (QED) is 0.179. The van der Waals surface area contributed by atoms with Gasteiger partial charge < -0.3 is 45.6 Å². The van der Waals surface area contributed by atoms with Gasteiger partial charge in [0.2, 0.25) is 0 Å². The first-order chi connectivity index (χ1) is 7.54. The van der Waals surface area contributed by atoms with Crippen LogP contribution in [0.2, 0.25) is 0 Å². The van der Waals surface area contributed by atoms with Gasteiger partial charge in [-0.05, 0) is 0 Å². The fourth-order valence-corrected chi connectivity index (χ4v) is 0.644. The molecule has 0 aliphatic carbocycles. The lowest BCUT2D eigenvalue weighted by Crippen LogP contribution is -2.49. The number of carbonyl (C=O) groups is 1. The van der Waals surface area contributed by atoms with Gasteiger partial charge in [0.25, 0.3) is 0 Å². The van der Waals surface area contributed by atoms with Gasteiger partial charge in [0, 0.05) is 0 Å². The minimum atomic E-state index is -4.64. The van der Waals surface area contributed by atoms with Crippen LogP contribution < -0.4 is 5.73 Å². The third kappa shape index (κ3) is 11.8. The van der Waals surface area contributed by atoms with Crippen molar-refractivity contribution in [3.8, 4) is 0 Å². The fourth-order valence-electron chi connectivity index (χ4n) is 0.644. The molecule has 104 valence electrons. The van der Waals surface area contributed by atoms with Crippen LogP contribution in [-0.4, -0.2) is 72.4 Å². The summed E-state index contributed by atoms with van der Waals surface area (Å²) >= 11 is 0. The van der Waals surface area contributed by atoms with Crippen LogP contribution in [0.25, 0.3) is 0 Å². The molecule has 0 rings (SSSR count). The number of aldehydes is 1. The normalized spacial score (nSPS) is 18.4. The first-order valence-corrected chi connectivity index (χ1v) is 5.75. The summed E-state index contributed by atoms with van der Waals surface area (Å²) in [6.45, 7) is -0.705. The maximum atomic E-state index is 10.0. The molecule has 9 N–H and O–H groups in total. The van der Waals surface area contributed by atoms with Gasteiger partial charge in [0.15, 0.2) is 0 Å². The Morgan fingerprint density at radius 1 is 1.12 bits per heavy atom. The van der Waals surface area contributed by atoms with Gasteiger partial charge in [-0.2, -0.15) is 0 Å². The highest BCUT2D eigenvalue weighted by atomic mass is 31.2. The molecular formula is C6H16NO9P. The Labute approximate surface area is 96.2 Å². The highest BCUT2D eigenvalue weighted by molar-refractivity contribution is 7.45. The minimum Gasteiger partial charge on any atom is -0.394 e. The number of hydrogen-bond donors (Lipinski definition) is 8. The number of phosphoric acid groups is 1. The Bertz CT molecular complexity index is 248. The molecule has 0 aromatic heterocycles. The summed E-state index contributed by atoms with van der Waals surface area (Å²) in [6, 6.07) is -1.26. The van der Waals surface area contributed by atoms with E-state index in [1.54, 1.807) is 0 Å².